The summed E-state index contributed by atoms with van der Waals surface area (Å²) in [6.45, 7) is 5.36. The van der Waals surface area contributed by atoms with Gasteiger partial charge in [0.25, 0.3) is 0 Å². The summed E-state index contributed by atoms with van der Waals surface area (Å²) in [6, 6.07) is 8.33. The number of benzene rings is 1. The Bertz CT molecular complexity index is 541. The molecule has 1 aromatic carbocycles. The fourth-order valence-corrected chi connectivity index (χ4v) is 2.87. The lowest BCUT2D eigenvalue weighted by Crippen LogP contribution is -2.41. The number of aryl methyl sites for hydroxylation is 1. The molecule has 0 unspecified atom stereocenters. The minimum absolute atomic E-state index is 0.875. The molecule has 3 rings (SSSR count). The van der Waals surface area contributed by atoms with E-state index in [9.17, 15) is 0 Å². The number of piperidine rings is 1. The second-order valence-electron chi connectivity index (χ2n) is 5.24. The van der Waals surface area contributed by atoms with E-state index >= 15 is 0 Å². The normalized spacial score (nSPS) is 17.1. The van der Waals surface area contributed by atoms with Crippen LogP contribution in [0.25, 0.3) is 11.0 Å². The highest BCUT2D eigenvalue weighted by atomic mass is 16.3. The van der Waals surface area contributed by atoms with Gasteiger partial charge in [-0.2, -0.15) is 0 Å². The number of nitrogens with one attached hydrogen (secondary N) is 1. The number of nitrogens with zero attached hydrogens (tertiary/aromatic N) is 1. The molecule has 102 valence electrons. The average molecular weight is 258 g/mol. The molecular formula is C16H22N2O. The molecule has 2 heterocycles. The van der Waals surface area contributed by atoms with Crippen LogP contribution in [0.4, 0.5) is 0 Å². The van der Waals surface area contributed by atoms with Gasteiger partial charge in [-0.25, -0.2) is 5.01 Å². The zero-order valence-corrected chi connectivity index (χ0v) is 11.6. The Balaban J connectivity index is 1.78. The molecule has 1 aliphatic rings. The minimum atomic E-state index is 0.875. The molecule has 0 bridgehead atoms. The first kappa shape index (κ1) is 12.7. The van der Waals surface area contributed by atoms with E-state index in [-0.39, 0.29) is 0 Å². The molecule has 0 saturated carbocycles. The fourth-order valence-electron chi connectivity index (χ4n) is 2.87. The van der Waals surface area contributed by atoms with E-state index in [2.05, 4.69) is 35.6 Å². The van der Waals surface area contributed by atoms with E-state index in [0.29, 0.717) is 0 Å². The first-order valence-corrected chi connectivity index (χ1v) is 7.36. The lowest BCUT2D eigenvalue weighted by Gasteiger charge is -2.27. The highest BCUT2D eigenvalue weighted by molar-refractivity contribution is 5.82. The quantitative estimate of drug-likeness (QED) is 0.910. The molecule has 1 saturated heterocycles. The van der Waals surface area contributed by atoms with Crippen LogP contribution in [-0.4, -0.2) is 18.1 Å². The maximum Gasteiger partial charge on any atom is 0.134 e. The van der Waals surface area contributed by atoms with Crippen LogP contribution in [-0.2, 0) is 13.0 Å². The standard InChI is InChI=1S/C16H22N2O/c1-2-15-14(12-17-18-10-6-3-7-11-18)13-8-4-5-9-16(13)19-15/h4-5,8-9,17H,2-3,6-7,10-12H2,1H3. The summed E-state index contributed by atoms with van der Waals surface area (Å²) < 4.78 is 5.93. The van der Waals surface area contributed by atoms with Gasteiger partial charge < -0.3 is 4.42 Å². The highest BCUT2D eigenvalue weighted by Crippen LogP contribution is 2.26. The molecule has 0 radical (unpaired) electrons. The number of rotatable bonds is 4. The summed E-state index contributed by atoms with van der Waals surface area (Å²) in [4.78, 5) is 0. The third kappa shape index (κ3) is 2.67. The molecule has 1 fully saturated rings. The molecule has 2 aromatic rings. The molecule has 3 heteroatoms. The van der Waals surface area contributed by atoms with Gasteiger partial charge >= 0.3 is 0 Å². The third-order valence-corrected chi connectivity index (χ3v) is 3.94. The summed E-state index contributed by atoms with van der Waals surface area (Å²) >= 11 is 0. The van der Waals surface area contributed by atoms with E-state index in [0.717, 1.165) is 37.4 Å². The first-order valence-electron chi connectivity index (χ1n) is 7.36. The van der Waals surface area contributed by atoms with Gasteiger partial charge in [-0.3, -0.25) is 5.43 Å². The molecule has 0 atom stereocenters. The van der Waals surface area contributed by atoms with E-state index in [1.54, 1.807) is 0 Å². The number of hydrogen-bond donors (Lipinski definition) is 1. The summed E-state index contributed by atoms with van der Waals surface area (Å²) in [5, 5.41) is 3.61. The predicted molar refractivity (Wildman–Crippen MR) is 77.9 cm³/mol. The maximum absolute atomic E-state index is 5.93. The number of hydrogen-bond acceptors (Lipinski definition) is 3. The third-order valence-electron chi connectivity index (χ3n) is 3.94. The van der Waals surface area contributed by atoms with E-state index in [1.807, 2.05) is 6.07 Å². The van der Waals surface area contributed by atoms with E-state index in [4.69, 9.17) is 4.42 Å². The Morgan fingerprint density at radius 3 is 2.74 bits per heavy atom. The zero-order valence-electron chi connectivity index (χ0n) is 11.6. The van der Waals surface area contributed by atoms with Crippen LogP contribution in [0.5, 0.6) is 0 Å². The van der Waals surface area contributed by atoms with Gasteiger partial charge in [-0.15, -0.1) is 0 Å². The topological polar surface area (TPSA) is 28.4 Å². The van der Waals surface area contributed by atoms with Gasteiger partial charge in [-0.1, -0.05) is 31.5 Å². The van der Waals surface area contributed by atoms with Crippen molar-refractivity contribution in [1.29, 1.82) is 0 Å². The molecule has 0 aliphatic carbocycles. The molecule has 0 amide bonds. The Morgan fingerprint density at radius 1 is 1.16 bits per heavy atom. The van der Waals surface area contributed by atoms with E-state index in [1.165, 1.54) is 30.2 Å². The van der Waals surface area contributed by atoms with Crippen molar-refractivity contribution >= 4 is 11.0 Å². The van der Waals surface area contributed by atoms with Gasteiger partial charge in [-0.05, 0) is 18.9 Å². The lowest BCUT2D eigenvalue weighted by atomic mass is 10.1. The Hall–Kier alpha value is -1.32. The summed E-state index contributed by atoms with van der Waals surface area (Å²) in [5.41, 5.74) is 5.90. The monoisotopic (exact) mass is 258 g/mol. The molecule has 1 aromatic heterocycles. The minimum Gasteiger partial charge on any atom is -0.461 e. The smallest absolute Gasteiger partial charge is 0.134 e. The Labute approximate surface area is 114 Å². The van der Waals surface area contributed by atoms with Crippen molar-refractivity contribution < 1.29 is 4.42 Å². The summed E-state index contributed by atoms with van der Waals surface area (Å²) in [5.74, 6) is 1.12. The lowest BCUT2D eigenvalue weighted by molar-refractivity contribution is 0.151. The van der Waals surface area contributed by atoms with Crippen LogP contribution in [0.1, 0.15) is 37.5 Å². The molecule has 1 aliphatic heterocycles. The van der Waals surface area contributed by atoms with Gasteiger partial charge in [0, 0.05) is 37.0 Å². The van der Waals surface area contributed by atoms with Crippen LogP contribution in [0.15, 0.2) is 28.7 Å². The fraction of sp³-hybridized carbons (Fsp3) is 0.500. The van der Waals surface area contributed by atoms with Crippen molar-refractivity contribution in [2.24, 2.45) is 0 Å². The second-order valence-corrected chi connectivity index (χ2v) is 5.24. The Kier molecular flexibility index (Phi) is 3.85. The van der Waals surface area contributed by atoms with Gasteiger partial charge in [0.15, 0.2) is 0 Å². The summed E-state index contributed by atoms with van der Waals surface area (Å²) in [6.07, 6.45) is 4.93. The number of furan rings is 1. The van der Waals surface area contributed by atoms with Crippen molar-refractivity contribution in [3.63, 3.8) is 0 Å². The van der Waals surface area contributed by atoms with Crippen LogP contribution >= 0.6 is 0 Å². The molecule has 1 N–H and O–H groups in total. The number of fused-ring (bicyclic) bond motifs is 1. The number of para-hydroxylation sites is 1. The SMILES string of the molecule is CCc1oc2ccccc2c1CNN1CCCCC1. The average Bonchev–Trinajstić information content (AvgIpc) is 2.84. The van der Waals surface area contributed by atoms with Crippen molar-refractivity contribution in [2.75, 3.05) is 13.1 Å². The first-order chi connectivity index (χ1) is 9.38. The van der Waals surface area contributed by atoms with E-state index < -0.39 is 0 Å². The van der Waals surface area contributed by atoms with Crippen molar-refractivity contribution in [2.45, 2.75) is 39.2 Å². The van der Waals surface area contributed by atoms with Gasteiger partial charge in [0.05, 0.1) is 0 Å². The van der Waals surface area contributed by atoms with Gasteiger partial charge in [0.1, 0.15) is 11.3 Å². The molecule has 0 spiro atoms. The number of hydrazine groups is 1. The zero-order chi connectivity index (χ0) is 13.1. The molecule has 19 heavy (non-hydrogen) atoms. The second kappa shape index (κ2) is 5.76. The van der Waals surface area contributed by atoms with Crippen LogP contribution < -0.4 is 5.43 Å². The van der Waals surface area contributed by atoms with Crippen molar-refractivity contribution in [3.8, 4) is 0 Å². The maximum atomic E-state index is 5.93. The largest absolute Gasteiger partial charge is 0.461 e. The van der Waals surface area contributed by atoms with Crippen LogP contribution in [0.3, 0.4) is 0 Å². The van der Waals surface area contributed by atoms with Gasteiger partial charge in [0.2, 0.25) is 0 Å². The molecular weight excluding hydrogens is 236 g/mol. The Morgan fingerprint density at radius 2 is 1.95 bits per heavy atom. The molecule has 3 nitrogen and oxygen atoms in total. The van der Waals surface area contributed by atoms with Crippen molar-refractivity contribution in [3.05, 3.63) is 35.6 Å². The summed E-state index contributed by atoms with van der Waals surface area (Å²) in [7, 11) is 0. The van der Waals surface area contributed by atoms with Crippen molar-refractivity contribution in [1.82, 2.24) is 10.4 Å². The van der Waals surface area contributed by atoms with Crippen LogP contribution in [0.2, 0.25) is 0 Å². The van der Waals surface area contributed by atoms with Crippen LogP contribution in [0, 0.1) is 0 Å². The highest BCUT2D eigenvalue weighted by Gasteiger charge is 2.14. The predicted octanol–water partition coefficient (Wildman–Crippen LogP) is 3.49.